The fraction of sp³-hybridized carbons (Fsp3) is 0.259. The highest BCUT2D eigenvalue weighted by molar-refractivity contribution is 6.22. The number of carbonyl (C=O) groups is 3. The minimum Gasteiger partial charge on any atom is -0.487 e. The van der Waals surface area contributed by atoms with Gasteiger partial charge in [0.05, 0.1) is 16.8 Å². The second-order valence-electron chi connectivity index (χ2n) is 8.53. The summed E-state index contributed by atoms with van der Waals surface area (Å²) in [6.07, 6.45) is 2.04. The normalized spacial score (nSPS) is 13.7. The molecule has 1 aromatic heterocycles. The highest BCUT2D eigenvalue weighted by Gasteiger charge is 2.43. The lowest BCUT2D eigenvalue weighted by Gasteiger charge is -2.26. The molecule has 0 saturated carbocycles. The Morgan fingerprint density at radius 1 is 0.882 bits per heavy atom. The minimum atomic E-state index is -0.978. The Labute approximate surface area is 198 Å². The zero-order chi connectivity index (χ0) is 24.1. The van der Waals surface area contributed by atoms with Gasteiger partial charge in [0.2, 0.25) is 0 Å². The highest BCUT2D eigenvalue weighted by Crippen LogP contribution is 2.27. The topological polar surface area (TPSA) is 85.8 Å². The van der Waals surface area contributed by atoms with Crippen LogP contribution in [0.1, 0.15) is 52.2 Å². The Morgan fingerprint density at radius 2 is 1.53 bits per heavy atom. The number of fused-ring (bicyclic) bond motifs is 1. The van der Waals surface area contributed by atoms with Crippen LogP contribution in [0.25, 0.3) is 0 Å². The molecular formula is C27H26N2O5. The smallest absolute Gasteiger partial charge is 0.329 e. The lowest BCUT2D eigenvalue weighted by molar-refractivity contribution is -0.150. The van der Waals surface area contributed by atoms with E-state index in [9.17, 15) is 14.4 Å². The summed E-state index contributed by atoms with van der Waals surface area (Å²) < 4.78 is 11.3. The number of imide groups is 1. The molecule has 0 bridgehead atoms. The predicted octanol–water partition coefficient (Wildman–Crippen LogP) is 4.41. The van der Waals surface area contributed by atoms with Gasteiger partial charge in [-0.3, -0.25) is 19.5 Å². The number of benzene rings is 2. The third-order valence-electron chi connectivity index (χ3n) is 5.52. The number of rotatable bonds is 9. The summed E-state index contributed by atoms with van der Waals surface area (Å²) in [7, 11) is 0. The molecular weight excluding hydrogens is 432 g/mol. The van der Waals surface area contributed by atoms with Crippen molar-refractivity contribution in [2.45, 2.75) is 39.5 Å². The maximum atomic E-state index is 13.0. The third kappa shape index (κ3) is 5.14. The summed E-state index contributed by atoms with van der Waals surface area (Å²) in [6, 6.07) is 18.5. The average molecular weight is 459 g/mol. The van der Waals surface area contributed by atoms with Gasteiger partial charge in [-0.2, -0.15) is 0 Å². The molecule has 174 valence electrons. The van der Waals surface area contributed by atoms with Crippen LogP contribution in [0.5, 0.6) is 5.75 Å². The van der Waals surface area contributed by atoms with Crippen LogP contribution in [-0.2, 0) is 22.7 Å². The SMILES string of the molecule is CC(C)CC(C(=O)OCc1ccc(OCc2ccccn2)cc1)N1C(=O)c2ccccc2C1=O. The Balaban J connectivity index is 1.39. The van der Waals surface area contributed by atoms with E-state index in [-0.39, 0.29) is 12.5 Å². The summed E-state index contributed by atoms with van der Waals surface area (Å²) in [6.45, 7) is 4.24. The number of amides is 2. The van der Waals surface area contributed by atoms with Gasteiger partial charge >= 0.3 is 5.97 Å². The first-order valence-electron chi connectivity index (χ1n) is 11.2. The maximum absolute atomic E-state index is 13.0. The molecule has 7 heteroatoms. The van der Waals surface area contributed by atoms with Crippen molar-refractivity contribution in [3.05, 3.63) is 95.3 Å². The molecule has 0 spiro atoms. The molecule has 34 heavy (non-hydrogen) atoms. The second-order valence-corrected chi connectivity index (χ2v) is 8.53. The number of esters is 1. The van der Waals surface area contributed by atoms with E-state index in [4.69, 9.17) is 9.47 Å². The standard InChI is InChI=1S/C27H26N2O5/c1-18(2)15-24(29-25(30)22-8-3-4-9-23(22)26(29)31)27(32)34-16-19-10-12-21(13-11-19)33-17-20-7-5-6-14-28-20/h3-14,18,24H,15-17H2,1-2H3. The van der Waals surface area contributed by atoms with Crippen LogP contribution in [0.15, 0.2) is 72.9 Å². The van der Waals surface area contributed by atoms with Gasteiger partial charge in [0.25, 0.3) is 11.8 Å². The maximum Gasteiger partial charge on any atom is 0.329 e. The highest BCUT2D eigenvalue weighted by atomic mass is 16.5. The molecule has 1 aliphatic rings. The van der Waals surface area contributed by atoms with Gasteiger partial charge in [0.1, 0.15) is 25.0 Å². The van der Waals surface area contributed by atoms with Gasteiger partial charge in [-0.25, -0.2) is 4.79 Å². The van der Waals surface area contributed by atoms with E-state index in [1.54, 1.807) is 54.7 Å². The van der Waals surface area contributed by atoms with Crippen LogP contribution in [0, 0.1) is 5.92 Å². The first-order valence-corrected chi connectivity index (χ1v) is 11.2. The summed E-state index contributed by atoms with van der Waals surface area (Å²) in [4.78, 5) is 44.0. The predicted molar refractivity (Wildman–Crippen MR) is 125 cm³/mol. The van der Waals surface area contributed by atoms with Gasteiger partial charge < -0.3 is 9.47 Å². The van der Waals surface area contributed by atoms with E-state index in [1.165, 1.54) is 0 Å². The molecule has 2 aromatic carbocycles. The van der Waals surface area contributed by atoms with E-state index in [0.29, 0.717) is 29.9 Å². The van der Waals surface area contributed by atoms with Crippen molar-refractivity contribution < 1.29 is 23.9 Å². The zero-order valence-corrected chi connectivity index (χ0v) is 19.1. The third-order valence-corrected chi connectivity index (χ3v) is 5.52. The van der Waals surface area contributed by atoms with Crippen LogP contribution < -0.4 is 4.74 Å². The largest absolute Gasteiger partial charge is 0.487 e. The molecule has 2 heterocycles. The average Bonchev–Trinajstić information content (AvgIpc) is 3.11. The van der Waals surface area contributed by atoms with Crippen molar-refractivity contribution in [1.29, 1.82) is 0 Å². The molecule has 3 aromatic rings. The summed E-state index contributed by atoms with van der Waals surface area (Å²) in [5, 5.41) is 0. The lowest BCUT2D eigenvalue weighted by Crippen LogP contribution is -2.46. The van der Waals surface area contributed by atoms with Crippen molar-refractivity contribution in [3.63, 3.8) is 0 Å². The lowest BCUT2D eigenvalue weighted by atomic mass is 10.0. The van der Waals surface area contributed by atoms with Crippen LogP contribution in [0.2, 0.25) is 0 Å². The second kappa shape index (κ2) is 10.3. The number of aromatic nitrogens is 1. The Bertz CT molecular complexity index is 1140. The van der Waals surface area contributed by atoms with Crippen molar-refractivity contribution in [2.75, 3.05) is 0 Å². The Kier molecular flexibility index (Phi) is 7.01. The molecule has 4 rings (SSSR count). The van der Waals surface area contributed by atoms with Crippen molar-refractivity contribution in [3.8, 4) is 5.75 Å². The number of ether oxygens (including phenoxy) is 2. The molecule has 0 N–H and O–H groups in total. The van der Waals surface area contributed by atoms with Crippen LogP contribution in [0.3, 0.4) is 0 Å². The van der Waals surface area contributed by atoms with Crippen molar-refractivity contribution >= 4 is 17.8 Å². The molecule has 1 atom stereocenters. The zero-order valence-electron chi connectivity index (χ0n) is 19.1. The molecule has 2 amide bonds. The first-order chi connectivity index (χ1) is 16.4. The van der Waals surface area contributed by atoms with Crippen LogP contribution in [-0.4, -0.2) is 33.7 Å². The van der Waals surface area contributed by atoms with E-state index in [1.807, 2.05) is 32.0 Å². The quantitative estimate of drug-likeness (QED) is 0.349. The van der Waals surface area contributed by atoms with Gasteiger partial charge in [-0.15, -0.1) is 0 Å². The Hall–Kier alpha value is -4.00. The summed E-state index contributed by atoms with van der Waals surface area (Å²) in [5.74, 6) is -0.768. The van der Waals surface area contributed by atoms with Crippen LogP contribution >= 0.6 is 0 Å². The molecule has 7 nitrogen and oxygen atoms in total. The summed E-state index contributed by atoms with van der Waals surface area (Å²) >= 11 is 0. The number of hydrogen-bond donors (Lipinski definition) is 0. The molecule has 1 aliphatic heterocycles. The van der Waals surface area contributed by atoms with Gasteiger partial charge in [0.15, 0.2) is 0 Å². The van der Waals surface area contributed by atoms with Crippen molar-refractivity contribution in [1.82, 2.24) is 9.88 Å². The van der Waals surface area contributed by atoms with Gasteiger partial charge in [-0.1, -0.05) is 44.2 Å². The van der Waals surface area contributed by atoms with E-state index in [0.717, 1.165) is 16.2 Å². The van der Waals surface area contributed by atoms with Gasteiger partial charge in [-0.05, 0) is 54.3 Å². The van der Waals surface area contributed by atoms with E-state index < -0.39 is 23.8 Å². The van der Waals surface area contributed by atoms with E-state index in [2.05, 4.69) is 4.98 Å². The first kappa shape index (κ1) is 23.2. The summed E-state index contributed by atoms with van der Waals surface area (Å²) in [5.41, 5.74) is 2.22. The molecule has 1 unspecified atom stereocenters. The van der Waals surface area contributed by atoms with Crippen molar-refractivity contribution in [2.24, 2.45) is 5.92 Å². The number of hydrogen-bond acceptors (Lipinski definition) is 6. The van der Waals surface area contributed by atoms with E-state index >= 15 is 0 Å². The molecule has 0 aliphatic carbocycles. The molecule has 0 fully saturated rings. The number of pyridine rings is 1. The number of carbonyl (C=O) groups excluding carboxylic acids is 3. The Morgan fingerprint density at radius 3 is 2.12 bits per heavy atom. The number of nitrogens with zero attached hydrogens (tertiary/aromatic N) is 2. The molecule has 0 saturated heterocycles. The minimum absolute atomic E-state index is 0.0249. The van der Waals surface area contributed by atoms with Crippen LogP contribution in [0.4, 0.5) is 0 Å². The van der Waals surface area contributed by atoms with Gasteiger partial charge in [0, 0.05) is 6.20 Å². The fourth-order valence-electron chi connectivity index (χ4n) is 3.82. The molecule has 0 radical (unpaired) electrons. The monoisotopic (exact) mass is 458 g/mol. The fourth-order valence-corrected chi connectivity index (χ4v) is 3.82.